The summed E-state index contributed by atoms with van der Waals surface area (Å²) < 4.78 is 20.2. The molecular weight excluding hydrogens is 1090 g/mol. The fraction of sp³-hybridized carbons (Fsp3) is 0.195. The van der Waals surface area contributed by atoms with E-state index in [0.29, 0.717) is 0 Å². The molecule has 0 saturated carbocycles. The van der Waals surface area contributed by atoms with E-state index in [9.17, 15) is 0 Å². The summed E-state index contributed by atoms with van der Waals surface area (Å²) in [6.45, 7) is 19.1. The summed E-state index contributed by atoms with van der Waals surface area (Å²) >= 11 is 0. The monoisotopic (exact) mass is 1160 g/mol. The molecule has 0 amide bonds. The van der Waals surface area contributed by atoms with Crippen LogP contribution >= 0.6 is 0 Å². The van der Waals surface area contributed by atoms with Crippen LogP contribution in [0.3, 0.4) is 0 Å². The second-order valence-corrected chi connectivity index (χ2v) is 29.3. The highest BCUT2D eigenvalue weighted by Crippen LogP contribution is 2.53. The molecule has 0 radical (unpaired) electrons. The molecule has 13 aromatic rings. The van der Waals surface area contributed by atoms with E-state index in [1.54, 1.807) is 0 Å². The van der Waals surface area contributed by atoms with Gasteiger partial charge >= 0.3 is 0 Å². The summed E-state index contributed by atoms with van der Waals surface area (Å²) in [5, 5.41) is 4.90. The Hall–Kier alpha value is -9.65. The zero-order valence-corrected chi connectivity index (χ0v) is 52.4. The molecule has 90 heavy (non-hydrogen) atoms. The number of aromatic nitrogens is 2. The maximum absolute atomic E-state index is 7.67. The van der Waals surface area contributed by atoms with E-state index >= 15 is 0 Å². The Labute approximate surface area is 527 Å². The fourth-order valence-corrected chi connectivity index (χ4v) is 17.5. The van der Waals surface area contributed by atoms with Crippen molar-refractivity contribution in [3.8, 4) is 34.4 Å². The van der Waals surface area contributed by atoms with Crippen LogP contribution < -0.4 is 52.1 Å². The van der Waals surface area contributed by atoms with Crippen molar-refractivity contribution in [3.05, 3.63) is 241 Å². The molecule has 11 aromatic carbocycles. The van der Waals surface area contributed by atoms with Gasteiger partial charge in [0.2, 0.25) is 0 Å². The predicted octanol–water partition coefficient (Wildman–Crippen LogP) is 17.4. The lowest BCUT2D eigenvalue weighted by atomic mass is 9.31. The van der Waals surface area contributed by atoms with Crippen LogP contribution in [0.5, 0.6) is 23.0 Å². The van der Waals surface area contributed by atoms with Crippen LogP contribution in [0.4, 0.5) is 34.1 Å². The summed E-state index contributed by atoms with van der Waals surface area (Å²) in [4.78, 5) is 5.11. The molecule has 0 unspecified atom stereocenters. The van der Waals surface area contributed by atoms with Crippen LogP contribution in [0.15, 0.2) is 218 Å². The van der Waals surface area contributed by atoms with Gasteiger partial charge in [0.25, 0.3) is 13.4 Å². The van der Waals surface area contributed by atoms with E-state index in [2.05, 4.69) is 293 Å². The van der Waals surface area contributed by atoms with Crippen LogP contribution in [-0.2, 0) is 21.7 Å². The Morgan fingerprint density at radius 2 is 0.633 bits per heavy atom. The van der Waals surface area contributed by atoms with Gasteiger partial charge in [-0.1, -0.05) is 183 Å². The predicted molar refractivity (Wildman–Crippen MR) is 377 cm³/mol. The van der Waals surface area contributed by atoms with E-state index < -0.39 is 0 Å². The first-order valence-electron chi connectivity index (χ1n) is 32.6. The van der Waals surface area contributed by atoms with Crippen LogP contribution in [-0.4, -0.2) is 22.6 Å². The average molecular weight is 1160 g/mol. The number of nitrogens with zero attached hydrogens (tertiary/aromatic N) is 4. The summed E-state index contributed by atoms with van der Waals surface area (Å²) in [6.07, 6.45) is 4.59. The number of rotatable bonds is 4. The molecule has 2 aromatic heterocycles. The first kappa shape index (κ1) is 52.3. The minimum Gasteiger partial charge on any atom is -0.458 e. The van der Waals surface area contributed by atoms with Crippen molar-refractivity contribution < 1.29 is 9.47 Å². The maximum Gasteiger partial charge on any atom is 0.256 e. The second-order valence-electron chi connectivity index (χ2n) is 29.3. The maximum atomic E-state index is 7.67. The molecule has 8 heteroatoms. The molecule has 2 aliphatic carbocycles. The number of para-hydroxylation sites is 6. The Balaban J connectivity index is 0.855. The van der Waals surface area contributed by atoms with E-state index in [1.807, 2.05) is 0 Å². The van der Waals surface area contributed by atoms with Gasteiger partial charge in [0.1, 0.15) is 23.0 Å². The molecule has 4 aliphatic heterocycles. The van der Waals surface area contributed by atoms with Gasteiger partial charge in [0.05, 0.1) is 33.4 Å². The first-order chi connectivity index (χ1) is 43.6. The minimum atomic E-state index is -0.159. The molecule has 0 N–H and O–H groups in total. The zero-order chi connectivity index (χ0) is 60.5. The molecule has 0 fully saturated rings. The molecule has 434 valence electrons. The van der Waals surface area contributed by atoms with Crippen molar-refractivity contribution in [1.29, 1.82) is 0 Å². The van der Waals surface area contributed by atoms with Crippen molar-refractivity contribution >= 4 is 124 Å². The SMILES string of the molecule is CC1(C)CCC(C)(C)c2cc(N3c4ccccc4B4c5cc6c(cc5Oc5cc(-n7c8ccccc8c8ccccc87)cc3c54)Oc3cc(-n4c5ccccc5c5ccccc54)cc4c3B6c3ccccc3N4c3ccc4c(c3)C(C)(C)CCC4(C)C)ccc21. The number of fused-ring (bicyclic) bond motifs is 16. The number of hydrogen-bond acceptors (Lipinski definition) is 4. The van der Waals surface area contributed by atoms with Crippen molar-refractivity contribution in [2.75, 3.05) is 9.80 Å². The molecule has 0 atom stereocenters. The van der Waals surface area contributed by atoms with E-state index in [-0.39, 0.29) is 35.1 Å². The van der Waals surface area contributed by atoms with Gasteiger partial charge in [0, 0.05) is 73.9 Å². The Morgan fingerprint density at radius 3 is 1.02 bits per heavy atom. The number of ether oxygens (including phenoxy) is 2. The van der Waals surface area contributed by atoms with Gasteiger partial charge in [-0.05, 0) is 175 Å². The molecule has 6 nitrogen and oxygen atoms in total. The van der Waals surface area contributed by atoms with Crippen molar-refractivity contribution in [2.45, 2.75) is 103 Å². The lowest BCUT2D eigenvalue weighted by Crippen LogP contribution is -2.63. The van der Waals surface area contributed by atoms with E-state index in [0.717, 1.165) is 116 Å². The summed E-state index contributed by atoms with van der Waals surface area (Å²) in [7, 11) is 0. The number of benzene rings is 11. The average Bonchev–Trinajstić information content (AvgIpc) is 0.824. The summed E-state index contributed by atoms with van der Waals surface area (Å²) in [5.74, 6) is 3.32. The highest BCUT2D eigenvalue weighted by Gasteiger charge is 2.48. The largest absolute Gasteiger partial charge is 0.458 e. The lowest BCUT2D eigenvalue weighted by Gasteiger charge is -2.44. The quantitative estimate of drug-likeness (QED) is 0.165. The van der Waals surface area contributed by atoms with Gasteiger partial charge in [-0.15, -0.1) is 0 Å². The Kier molecular flexibility index (Phi) is 10.5. The van der Waals surface area contributed by atoms with Gasteiger partial charge in [-0.2, -0.15) is 0 Å². The second kappa shape index (κ2) is 18.0. The molecule has 0 bridgehead atoms. The fourth-order valence-electron chi connectivity index (χ4n) is 17.5. The highest BCUT2D eigenvalue weighted by atomic mass is 16.5. The zero-order valence-electron chi connectivity index (χ0n) is 52.4. The third-order valence-electron chi connectivity index (χ3n) is 22.3. The smallest absolute Gasteiger partial charge is 0.256 e. The van der Waals surface area contributed by atoms with Gasteiger partial charge in [0.15, 0.2) is 0 Å². The number of anilines is 6. The van der Waals surface area contributed by atoms with Crippen LogP contribution in [0.2, 0.25) is 0 Å². The van der Waals surface area contributed by atoms with Crippen LogP contribution in [0.25, 0.3) is 55.0 Å². The van der Waals surface area contributed by atoms with Crippen LogP contribution in [0, 0.1) is 0 Å². The van der Waals surface area contributed by atoms with Gasteiger partial charge in [-0.3, -0.25) is 0 Å². The molecule has 0 spiro atoms. The standard InChI is InChI=1S/C82H68B2N4O2/c1-79(2)37-39-81(5,6)59-41-49(33-35-57(59)79)85-69-31-19-13-25-61(69)83-63-47-64-74(48-73(63)89-75-45-51(43-71(85)77(75)83)87-65-27-15-9-21-53(65)54-22-10-16-28-66(54)87)90-76-46-52(88-67-29-17-11-23-55(67)56-24-12-18-30-68(56)88)44-72-78(76)84(64)62-26-14-20-32-70(62)86(72)50-34-36-58-60(42-50)82(7,8)40-38-80(58,3)4/h9-36,41-48H,37-40H2,1-8H3. The van der Waals surface area contributed by atoms with Crippen molar-refractivity contribution in [2.24, 2.45) is 0 Å². The van der Waals surface area contributed by atoms with Crippen molar-refractivity contribution in [3.63, 3.8) is 0 Å². The minimum absolute atomic E-state index is 0.0146. The van der Waals surface area contributed by atoms with Gasteiger partial charge in [-0.25, -0.2) is 0 Å². The summed E-state index contributed by atoms with van der Waals surface area (Å²) in [6, 6.07) is 82.6. The molecule has 6 heterocycles. The first-order valence-corrected chi connectivity index (χ1v) is 32.6. The van der Waals surface area contributed by atoms with Crippen molar-refractivity contribution in [1.82, 2.24) is 9.13 Å². The third-order valence-corrected chi connectivity index (χ3v) is 22.3. The van der Waals surface area contributed by atoms with Crippen LogP contribution in [0.1, 0.15) is 103 Å². The topological polar surface area (TPSA) is 34.8 Å². The molecule has 6 aliphatic rings. The lowest BCUT2D eigenvalue weighted by molar-refractivity contribution is 0.332. The number of hydrogen-bond donors (Lipinski definition) is 0. The van der Waals surface area contributed by atoms with Gasteiger partial charge < -0.3 is 28.4 Å². The Morgan fingerprint density at radius 1 is 0.289 bits per heavy atom. The molecule has 0 saturated heterocycles. The highest BCUT2D eigenvalue weighted by molar-refractivity contribution is 7.02. The third kappa shape index (κ3) is 7.13. The normalized spacial score (nSPS) is 17.2. The molecule has 19 rings (SSSR count). The van der Waals surface area contributed by atoms with E-state index in [1.165, 1.54) is 77.0 Å². The summed E-state index contributed by atoms with van der Waals surface area (Å²) in [5.41, 5.74) is 26.7. The Bertz CT molecular complexity index is 4900. The van der Waals surface area contributed by atoms with E-state index in [4.69, 9.17) is 9.47 Å². The molecular formula is C82H68B2N4O2.